The Balaban J connectivity index is 1.44. The summed E-state index contributed by atoms with van der Waals surface area (Å²) < 4.78 is 25.7. The van der Waals surface area contributed by atoms with E-state index in [4.69, 9.17) is 0 Å². The fraction of sp³-hybridized carbons (Fsp3) is 0.269. The van der Waals surface area contributed by atoms with Gasteiger partial charge in [0.25, 0.3) is 5.91 Å². The normalized spacial score (nSPS) is 14.9. The highest BCUT2D eigenvalue weighted by Crippen LogP contribution is 2.31. The van der Waals surface area contributed by atoms with Crippen LogP contribution in [0.1, 0.15) is 40.2 Å². The molecule has 32 heavy (non-hydrogen) atoms. The van der Waals surface area contributed by atoms with E-state index in [0.29, 0.717) is 30.3 Å². The molecule has 0 aliphatic carbocycles. The molecule has 1 heterocycles. The van der Waals surface area contributed by atoms with E-state index in [9.17, 15) is 13.2 Å². The maximum atomic E-state index is 13.1. The topological polar surface area (TPSA) is 66.5 Å². The second-order valence-electron chi connectivity index (χ2n) is 8.46. The highest BCUT2D eigenvalue weighted by molar-refractivity contribution is 7.92. The molecule has 0 aromatic heterocycles. The third-order valence-electron chi connectivity index (χ3n) is 6.03. The molecule has 3 aromatic rings. The molecule has 0 atom stereocenters. The van der Waals surface area contributed by atoms with Gasteiger partial charge in [-0.2, -0.15) is 0 Å². The Morgan fingerprint density at radius 2 is 1.59 bits per heavy atom. The van der Waals surface area contributed by atoms with Gasteiger partial charge in [0.1, 0.15) is 0 Å². The molecule has 5 nitrogen and oxygen atoms in total. The molecule has 166 valence electrons. The van der Waals surface area contributed by atoms with E-state index in [2.05, 4.69) is 41.1 Å². The van der Waals surface area contributed by atoms with Crippen LogP contribution >= 0.6 is 0 Å². The number of anilines is 1. The van der Waals surface area contributed by atoms with Gasteiger partial charge in [-0.25, -0.2) is 8.42 Å². The van der Waals surface area contributed by atoms with Gasteiger partial charge in [0, 0.05) is 18.7 Å². The van der Waals surface area contributed by atoms with Crippen molar-refractivity contribution >= 4 is 21.6 Å². The van der Waals surface area contributed by atoms with Gasteiger partial charge in [-0.05, 0) is 60.1 Å². The zero-order chi connectivity index (χ0) is 22.7. The number of hydrogen-bond donors (Lipinski definition) is 1. The van der Waals surface area contributed by atoms with Crippen LogP contribution in [-0.4, -0.2) is 38.6 Å². The standard InChI is InChI=1S/C26H28N2O3S/c1-19-11-12-24(18-25(19)27-32(2,30)31)26(29)28-15-13-21(14-16-28)23-10-6-9-22(17-23)20-7-4-3-5-8-20/h3-12,17-18,21,27H,13-16H2,1-2H3. The number of aryl methyl sites for hydroxylation is 1. The summed E-state index contributed by atoms with van der Waals surface area (Å²) in [5.74, 6) is 0.362. The fourth-order valence-electron chi connectivity index (χ4n) is 4.27. The highest BCUT2D eigenvalue weighted by atomic mass is 32.2. The number of piperidine rings is 1. The molecule has 0 saturated carbocycles. The maximum Gasteiger partial charge on any atom is 0.253 e. The van der Waals surface area contributed by atoms with E-state index in [1.54, 1.807) is 18.2 Å². The number of carbonyl (C=O) groups excluding carboxylic acids is 1. The molecule has 1 amide bonds. The SMILES string of the molecule is Cc1ccc(C(=O)N2CCC(c3cccc(-c4ccccc4)c3)CC2)cc1NS(C)(=O)=O. The van der Waals surface area contributed by atoms with Gasteiger partial charge in [0.05, 0.1) is 11.9 Å². The van der Waals surface area contributed by atoms with Crippen LogP contribution in [0.5, 0.6) is 0 Å². The summed E-state index contributed by atoms with van der Waals surface area (Å²) >= 11 is 0. The van der Waals surface area contributed by atoms with Crippen LogP contribution in [0.4, 0.5) is 5.69 Å². The number of sulfonamides is 1. The summed E-state index contributed by atoms with van der Waals surface area (Å²) in [4.78, 5) is 14.9. The molecular formula is C26H28N2O3S. The lowest BCUT2D eigenvalue weighted by Gasteiger charge is -2.32. The highest BCUT2D eigenvalue weighted by Gasteiger charge is 2.25. The van der Waals surface area contributed by atoms with Crippen molar-refractivity contribution < 1.29 is 13.2 Å². The summed E-state index contributed by atoms with van der Waals surface area (Å²) in [6.07, 6.45) is 2.92. The molecule has 0 bridgehead atoms. The van der Waals surface area contributed by atoms with Crippen molar-refractivity contribution in [1.29, 1.82) is 0 Å². The minimum Gasteiger partial charge on any atom is -0.339 e. The van der Waals surface area contributed by atoms with Crippen LogP contribution in [-0.2, 0) is 10.0 Å². The average Bonchev–Trinajstić information content (AvgIpc) is 2.80. The van der Waals surface area contributed by atoms with E-state index >= 15 is 0 Å². The van der Waals surface area contributed by atoms with Gasteiger partial charge in [-0.15, -0.1) is 0 Å². The molecule has 1 fully saturated rings. The Morgan fingerprint density at radius 1 is 0.906 bits per heavy atom. The third-order valence-corrected chi connectivity index (χ3v) is 6.62. The van der Waals surface area contributed by atoms with Crippen molar-refractivity contribution in [3.05, 3.63) is 89.5 Å². The van der Waals surface area contributed by atoms with Gasteiger partial charge in [0.2, 0.25) is 10.0 Å². The Hall–Kier alpha value is -3.12. The van der Waals surface area contributed by atoms with Crippen LogP contribution in [0, 0.1) is 6.92 Å². The van der Waals surface area contributed by atoms with Crippen molar-refractivity contribution in [3.63, 3.8) is 0 Å². The van der Waals surface area contributed by atoms with Crippen molar-refractivity contribution in [2.75, 3.05) is 24.1 Å². The molecule has 1 N–H and O–H groups in total. The smallest absolute Gasteiger partial charge is 0.253 e. The Bertz CT molecular complexity index is 1210. The second-order valence-corrected chi connectivity index (χ2v) is 10.2. The average molecular weight is 449 g/mol. The quantitative estimate of drug-likeness (QED) is 0.594. The van der Waals surface area contributed by atoms with Gasteiger partial charge >= 0.3 is 0 Å². The number of rotatable bonds is 5. The largest absolute Gasteiger partial charge is 0.339 e. The van der Waals surface area contributed by atoms with Gasteiger partial charge < -0.3 is 4.90 Å². The summed E-state index contributed by atoms with van der Waals surface area (Å²) in [6.45, 7) is 3.18. The Kier molecular flexibility index (Phi) is 6.33. The van der Waals surface area contributed by atoms with E-state index in [1.807, 2.05) is 30.0 Å². The number of amides is 1. The third kappa shape index (κ3) is 5.19. The molecule has 6 heteroatoms. The molecule has 0 unspecified atom stereocenters. The van der Waals surface area contributed by atoms with Crippen LogP contribution in [0.2, 0.25) is 0 Å². The molecule has 1 aliphatic heterocycles. The predicted molar refractivity (Wildman–Crippen MR) is 129 cm³/mol. The van der Waals surface area contributed by atoms with Crippen LogP contribution in [0.3, 0.4) is 0 Å². The van der Waals surface area contributed by atoms with Crippen molar-refractivity contribution in [3.8, 4) is 11.1 Å². The summed E-state index contributed by atoms with van der Waals surface area (Å²) in [7, 11) is -3.40. The fourth-order valence-corrected chi connectivity index (χ4v) is 4.89. The summed E-state index contributed by atoms with van der Waals surface area (Å²) in [6, 6.07) is 24.2. The van der Waals surface area contributed by atoms with Crippen LogP contribution in [0.25, 0.3) is 11.1 Å². The van der Waals surface area contributed by atoms with Crippen molar-refractivity contribution in [1.82, 2.24) is 4.90 Å². The first-order chi connectivity index (χ1) is 15.3. The molecule has 1 aliphatic rings. The first-order valence-electron chi connectivity index (χ1n) is 10.8. The number of carbonyl (C=O) groups is 1. The Labute approximate surface area is 190 Å². The molecular weight excluding hydrogens is 420 g/mol. The number of nitrogens with zero attached hydrogens (tertiary/aromatic N) is 1. The van der Waals surface area contributed by atoms with Crippen LogP contribution < -0.4 is 4.72 Å². The van der Waals surface area contributed by atoms with Gasteiger partial charge in [-0.3, -0.25) is 9.52 Å². The zero-order valence-corrected chi connectivity index (χ0v) is 19.2. The second kappa shape index (κ2) is 9.17. The summed E-state index contributed by atoms with van der Waals surface area (Å²) in [5.41, 5.74) is 5.47. The molecule has 0 radical (unpaired) electrons. The lowest BCUT2D eigenvalue weighted by molar-refractivity contribution is 0.0713. The molecule has 0 spiro atoms. The van der Waals surface area contributed by atoms with Crippen molar-refractivity contribution in [2.45, 2.75) is 25.7 Å². The van der Waals surface area contributed by atoms with E-state index < -0.39 is 10.0 Å². The molecule has 3 aromatic carbocycles. The van der Waals surface area contributed by atoms with Crippen LogP contribution in [0.15, 0.2) is 72.8 Å². The maximum absolute atomic E-state index is 13.1. The van der Waals surface area contributed by atoms with E-state index in [1.165, 1.54) is 16.7 Å². The summed E-state index contributed by atoms with van der Waals surface area (Å²) in [5, 5.41) is 0. The molecule has 1 saturated heterocycles. The molecule has 4 rings (SSSR count). The van der Waals surface area contributed by atoms with Gasteiger partial charge in [-0.1, -0.05) is 60.7 Å². The van der Waals surface area contributed by atoms with Crippen molar-refractivity contribution in [2.24, 2.45) is 0 Å². The number of benzene rings is 3. The lowest BCUT2D eigenvalue weighted by atomic mass is 9.87. The van der Waals surface area contributed by atoms with E-state index in [-0.39, 0.29) is 5.91 Å². The zero-order valence-electron chi connectivity index (χ0n) is 18.4. The first kappa shape index (κ1) is 22.1. The number of nitrogens with one attached hydrogen (secondary N) is 1. The predicted octanol–water partition coefficient (Wildman–Crippen LogP) is 5.05. The first-order valence-corrected chi connectivity index (χ1v) is 12.7. The minimum atomic E-state index is -3.40. The monoisotopic (exact) mass is 448 g/mol. The lowest BCUT2D eigenvalue weighted by Crippen LogP contribution is -2.38. The number of hydrogen-bond acceptors (Lipinski definition) is 3. The minimum absolute atomic E-state index is 0.0574. The van der Waals surface area contributed by atoms with Gasteiger partial charge in [0.15, 0.2) is 0 Å². The number of likely N-dealkylation sites (tertiary alicyclic amines) is 1. The Morgan fingerprint density at radius 3 is 2.28 bits per heavy atom. The van der Waals surface area contributed by atoms with E-state index in [0.717, 1.165) is 24.7 Å².